The second-order valence-corrected chi connectivity index (χ2v) is 9.91. The summed E-state index contributed by atoms with van der Waals surface area (Å²) in [7, 11) is 1.65. The van der Waals surface area contributed by atoms with Crippen LogP contribution in [0.3, 0.4) is 0 Å². The van der Waals surface area contributed by atoms with Crippen molar-refractivity contribution in [3.8, 4) is 11.4 Å². The van der Waals surface area contributed by atoms with Crippen LogP contribution < -0.4 is 9.64 Å². The Hall–Kier alpha value is -2.06. The zero-order valence-corrected chi connectivity index (χ0v) is 21.0. The number of halogens is 2. The normalized spacial score (nSPS) is 15.3. The fourth-order valence-corrected chi connectivity index (χ4v) is 5.23. The molecule has 0 aliphatic carbocycles. The van der Waals surface area contributed by atoms with Crippen molar-refractivity contribution in [3.63, 3.8) is 0 Å². The average Bonchev–Trinajstić information content (AvgIpc) is 3.18. The van der Waals surface area contributed by atoms with Gasteiger partial charge in [-0.1, -0.05) is 35.6 Å². The third-order valence-electron chi connectivity index (χ3n) is 5.04. The number of carbonyl (C=O) groups is 1. The van der Waals surface area contributed by atoms with Crippen molar-refractivity contribution in [2.75, 3.05) is 12.0 Å². The number of thioether (sulfide) groups is 1. The lowest BCUT2D eigenvalue weighted by atomic mass is 10.2. The van der Waals surface area contributed by atoms with Crippen molar-refractivity contribution in [2.45, 2.75) is 13.8 Å². The average molecular weight is 534 g/mol. The number of methoxy groups -OCH3 is 1. The van der Waals surface area contributed by atoms with Crippen LogP contribution >= 0.6 is 51.5 Å². The molecule has 0 radical (unpaired) electrons. The molecule has 0 atom stereocenters. The Morgan fingerprint density at radius 3 is 2.42 bits per heavy atom. The highest BCUT2D eigenvalue weighted by Gasteiger charge is 2.33. The molecule has 4 rings (SSSR count). The first-order valence-corrected chi connectivity index (χ1v) is 11.8. The monoisotopic (exact) mass is 532 g/mol. The van der Waals surface area contributed by atoms with Crippen molar-refractivity contribution in [1.29, 1.82) is 0 Å². The number of nitrogens with zero attached hydrogens (tertiary/aromatic N) is 2. The van der Waals surface area contributed by atoms with Gasteiger partial charge in [0.25, 0.3) is 5.91 Å². The molecule has 2 heterocycles. The molecule has 1 saturated heterocycles. The molecule has 2 aromatic carbocycles. The Morgan fingerprint density at radius 2 is 1.77 bits per heavy atom. The molecule has 31 heavy (non-hydrogen) atoms. The maximum absolute atomic E-state index is 13.1. The molecule has 158 valence electrons. The quantitative estimate of drug-likeness (QED) is 0.269. The van der Waals surface area contributed by atoms with Gasteiger partial charge in [0.2, 0.25) is 0 Å². The van der Waals surface area contributed by atoms with Gasteiger partial charge in [0.1, 0.15) is 5.75 Å². The fourth-order valence-electron chi connectivity index (χ4n) is 3.52. The molecule has 1 aliphatic rings. The summed E-state index contributed by atoms with van der Waals surface area (Å²) in [5, 5.41) is 0.526. The van der Waals surface area contributed by atoms with E-state index in [1.807, 2.05) is 56.3 Å². The summed E-state index contributed by atoms with van der Waals surface area (Å²) in [4.78, 5) is 15.2. The van der Waals surface area contributed by atoms with Crippen molar-refractivity contribution in [3.05, 3.63) is 79.9 Å². The number of aryl methyl sites for hydroxylation is 1. The number of thiocarbonyl (C=S) groups is 1. The molecule has 0 spiro atoms. The van der Waals surface area contributed by atoms with E-state index in [4.69, 9.17) is 28.6 Å². The molecule has 0 unspecified atom stereocenters. The van der Waals surface area contributed by atoms with E-state index in [-0.39, 0.29) is 5.91 Å². The highest BCUT2D eigenvalue weighted by atomic mass is 79.9. The van der Waals surface area contributed by atoms with Crippen molar-refractivity contribution in [2.24, 2.45) is 0 Å². The van der Waals surface area contributed by atoms with E-state index in [9.17, 15) is 4.79 Å². The van der Waals surface area contributed by atoms with E-state index in [0.717, 1.165) is 32.9 Å². The lowest BCUT2D eigenvalue weighted by molar-refractivity contribution is -0.113. The number of carbonyl (C=O) groups excluding carboxylic acids is 1. The van der Waals surface area contributed by atoms with Gasteiger partial charge >= 0.3 is 0 Å². The van der Waals surface area contributed by atoms with Crippen LogP contribution in [0.4, 0.5) is 5.69 Å². The lowest BCUT2D eigenvalue weighted by Crippen LogP contribution is -2.27. The Balaban J connectivity index is 1.68. The largest absolute Gasteiger partial charge is 0.497 e. The number of anilines is 1. The highest BCUT2D eigenvalue weighted by molar-refractivity contribution is 9.10. The van der Waals surface area contributed by atoms with Crippen LogP contribution in [0.2, 0.25) is 5.02 Å². The predicted molar refractivity (Wildman–Crippen MR) is 137 cm³/mol. The maximum atomic E-state index is 13.1. The number of hydrogen-bond acceptors (Lipinski definition) is 4. The second kappa shape index (κ2) is 8.82. The van der Waals surface area contributed by atoms with Gasteiger partial charge in [-0.3, -0.25) is 9.69 Å². The second-order valence-electron chi connectivity index (χ2n) is 6.98. The summed E-state index contributed by atoms with van der Waals surface area (Å²) in [6.45, 7) is 4.09. The Labute approximate surface area is 204 Å². The topological polar surface area (TPSA) is 34.5 Å². The van der Waals surface area contributed by atoms with Gasteiger partial charge in [-0.15, -0.1) is 0 Å². The zero-order chi connectivity index (χ0) is 22.3. The van der Waals surface area contributed by atoms with Crippen molar-refractivity contribution in [1.82, 2.24) is 4.57 Å². The minimum atomic E-state index is -0.150. The summed E-state index contributed by atoms with van der Waals surface area (Å²) in [5.41, 5.74) is 4.78. The Bertz CT molecular complexity index is 1240. The first-order valence-electron chi connectivity index (χ1n) is 9.36. The molecular weight excluding hydrogens is 516 g/mol. The van der Waals surface area contributed by atoms with E-state index in [1.165, 1.54) is 16.7 Å². The third kappa shape index (κ3) is 4.20. The van der Waals surface area contributed by atoms with Crippen LogP contribution in [-0.4, -0.2) is 21.9 Å². The molecule has 3 aromatic rings. The number of amides is 1. The van der Waals surface area contributed by atoms with Crippen LogP contribution in [0.25, 0.3) is 11.8 Å². The summed E-state index contributed by atoms with van der Waals surface area (Å²) in [5.74, 6) is 0.658. The molecule has 0 bridgehead atoms. The predicted octanol–water partition coefficient (Wildman–Crippen LogP) is 6.92. The van der Waals surface area contributed by atoms with Gasteiger partial charge in [-0.05, 0) is 89.9 Å². The van der Waals surface area contributed by atoms with Crippen molar-refractivity contribution >= 4 is 73.5 Å². The first kappa shape index (κ1) is 22.1. The van der Waals surface area contributed by atoms with Crippen LogP contribution in [0.1, 0.15) is 17.0 Å². The van der Waals surface area contributed by atoms with E-state index >= 15 is 0 Å². The molecule has 0 N–H and O–H groups in total. The minimum absolute atomic E-state index is 0.150. The molecule has 4 nitrogen and oxygen atoms in total. The minimum Gasteiger partial charge on any atom is -0.497 e. The lowest BCUT2D eigenvalue weighted by Gasteiger charge is -2.15. The summed E-state index contributed by atoms with van der Waals surface area (Å²) < 4.78 is 8.66. The van der Waals surface area contributed by atoms with Crippen molar-refractivity contribution < 1.29 is 9.53 Å². The van der Waals surface area contributed by atoms with Gasteiger partial charge in [0.15, 0.2) is 4.32 Å². The van der Waals surface area contributed by atoms with E-state index < -0.39 is 0 Å². The Morgan fingerprint density at radius 1 is 1.10 bits per heavy atom. The zero-order valence-electron chi connectivity index (χ0n) is 17.0. The first-order chi connectivity index (χ1) is 14.8. The van der Waals surface area contributed by atoms with E-state index in [2.05, 4.69) is 26.6 Å². The fraction of sp³-hybridized carbons (Fsp3) is 0.130. The molecular formula is C23H18BrClN2O2S2. The van der Waals surface area contributed by atoms with E-state index in [1.54, 1.807) is 13.2 Å². The van der Waals surface area contributed by atoms with Gasteiger partial charge in [-0.25, -0.2) is 0 Å². The number of benzene rings is 2. The summed E-state index contributed by atoms with van der Waals surface area (Å²) in [6, 6.07) is 15.3. The molecule has 1 fully saturated rings. The summed E-state index contributed by atoms with van der Waals surface area (Å²) >= 11 is 16.4. The van der Waals surface area contributed by atoms with Crippen LogP contribution in [0, 0.1) is 13.8 Å². The number of rotatable bonds is 4. The number of ether oxygens (including phenoxy) is 1. The summed E-state index contributed by atoms with van der Waals surface area (Å²) in [6.07, 6.45) is 1.90. The molecule has 1 aromatic heterocycles. The van der Waals surface area contributed by atoms with Crippen LogP contribution in [-0.2, 0) is 4.79 Å². The SMILES string of the molecule is COc1ccc(-n2c(C)cc(/C=C3\SC(=S)N(c4ccc(Br)c(Cl)c4)C3=O)c2C)cc1. The molecule has 1 aliphatic heterocycles. The smallest absolute Gasteiger partial charge is 0.270 e. The third-order valence-corrected chi connectivity index (χ3v) is 7.58. The van der Waals surface area contributed by atoms with Crippen LogP contribution in [0.15, 0.2) is 57.9 Å². The number of aromatic nitrogens is 1. The molecule has 8 heteroatoms. The van der Waals surface area contributed by atoms with Gasteiger partial charge < -0.3 is 9.30 Å². The number of hydrogen-bond donors (Lipinski definition) is 0. The van der Waals surface area contributed by atoms with Crippen LogP contribution in [0.5, 0.6) is 5.75 Å². The van der Waals surface area contributed by atoms with Gasteiger partial charge in [0.05, 0.1) is 22.7 Å². The van der Waals surface area contributed by atoms with Gasteiger partial charge in [-0.2, -0.15) is 0 Å². The van der Waals surface area contributed by atoms with Gasteiger partial charge in [0, 0.05) is 21.5 Å². The highest BCUT2D eigenvalue weighted by Crippen LogP contribution is 2.38. The Kier molecular flexibility index (Phi) is 6.30. The maximum Gasteiger partial charge on any atom is 0.270 e. The van der Waals surface area contributed by atoms with E-state index in [0.29, 0.717) is 19.9 Å². The molecule has 0 saturated carbocycles. The molecule has 1 amide bonds. The standard InChI is InChI=1S/C23H18BrClN2O2S2/c1-13-10-15(14(2)26(13)16-4-7-18(29-3)8-5-16)11-21-22(28)27(23(30)31-21)17-6-9-19(24)20(25)12-17/h4-12H,1-3H3/b21-11-.